The van der Waals surface area contributed by atoms with Crippen LogP contribution in [0.4, 0.5) is 0 Å². The van der Waals surface area contributed by atoms with Gasteiger partial charge in [-0.15, -0.1) is 0 Å². The zero-order valence-electron chi connectivity index (χ0n) is 63.2. The van der Waals surface area contributed by atoms with Crippen molar-refractivity contribution >= 4 is 131 Å². The van der Waals surface area contributed by atoms with Crippen molar-refractivity contribution in [1.29, 1.82) is 0 Å². The average molecular weight is 1480 g/mol. The Balaban J connectivity index is 0.000000134. The number of hydrogen-bond donors (Lipinski definition) is 0. The summed E-state index contributed by atoms with van der Waals surface area (Å²) in [5.74, 6) is 0. The molecule has 540 valence electrons. The number of hydrogen-bond acceptors (Lipinski definition) is 1. The van der Waals surface area contributed by atoms with Gasteiger partial charge in [-0.05, 0) is 246 Å². The van der Waals surface area contributed by atoms with Crippen molar-refractivity contribution in [3.05, 3.63) is 424 Å². The summed E-state index contributed by atoms with van der Waals surface area (Å²) >= 11 is 0. The summed E-state index contributed by atoms with van der Waals surface area (Å²) in [6, 6.07) is 151. The molecule has 25 rings (SSSR count). The highest BCUT2D eigenvalue weighted by Gasteiger charge is 2.25. The van der Waals surface area contributed by atoms with Crippen LogP contribution in [0.25, 0.3) is 220 Å². The maximum absolute atomic E-state index is 6.30. The lowest BCUT2D eigenvalue weighted by Crippen LogP contribution is -1.95. The molecule has 0 saturated carbocycles. The Bertz CT molecular complexity index is 8160. The van der Waals surface area contributed by atoms with E-state index in [1.165, 1.54) is 198 Å². The second-order valence-electron chi connectivity index (χ2n) is 31.0. The smallest absolute Gasteiger partial charge is 0.136 e. The normalized spacial score (nSPS) is 12.1. The Labute approximate surface area is 668 Å². The summed E-state index contributed by atoms with van der Waals surface area (Å²) < 4.78 is 16.0. The fraction of sp³-hybridized carbons (Fsp3) is 0.00901. The monoisotopic (exact) mass is 1470 g/mol. The van der Waals surface area contributed by atoms with Crippen molar-refractivity contribution in [2.24, 2.45) is 0 Å². The molecule has 1 aliphatic carbocycles. The van der Waals surface area contributed by atoms with Gasteiger partial charge in [-0.2, -0.15) is 0 Å². The number of aromatic nitrogens is 4. The van der Waals surface area contributed by atoms with Gasteiger partial charge in [-0.25, -0.2) is 0 Å². The van der Waals surface area contributed by atoms with Gasteiger partial charge in [0.05, 0.1) is 49.8 Å². The van der Waals surface area contributed by atoms with Gasteiger partial charge >= 0.3 is 0 Å². The molecule has 24 aromatic rings. The van der Waals surface area contributed by atoms with Crippen LogP contribution in [-0.4, -0.2) is 18.3 Å². The van der Waals surface area contributed by atoms with Gasteiger partial charge in [-0.1, -0.05) is 267 Å². The molecule has 5 heteroatoms. The Kier molecular flexibility index (Phi) is 14.7. The van der Waals surface area contributed by atoms with Crippen LogP contribution in [0.15, 0.2) is 417 Å². The lowest BCUT2D eigenvalue weighted by molar-refractivity contribution is 0.669. The molecular weight excluding hydrogens is 1410 g/mol. The van der Waals surface area contributed by atoms with Gasteiger partial charge < -0.3 is 22.7 Å². The number of rotatable bonds is 9. The molecule has 19 aromatic carbocycles. The summed E-state index contributed by atoms with van der Waals surface area (Å²) in [6.07, 6.45) is 0.963. The van der Waals surface area contributed by atoms with E-state index in [2.05, 4.69) is 425 Å². The van der Waals surface area contributed by atoms with Crippen LogP contribution in [0.1, 0.15) is 11.1 Å². The van der Waals surface area contributed by atoms with E-state index in [1.807, 2.05) is 6.07 Å². The maximum atomic E-state index is 6.30. The second kappa shape index (κ2) is 26.2. The molecule has 116 heavy (non-hydrogen) atoms. The highest BCUT2D eigenvalue weighted by Crippen LogP contribution is 2.47. The van der Waals surface area contributed by atoms with Crippen LogP contribution < -0.4 is 0 Å². The molecule has 5 heterocycles. The molecule has 5 nitrogen and oxygen atoms in total. The zero-order chi connectivity index (χ0) is 76.1. The van der Waals surface area contributed by atoms with Gasteiger partial charge in [0.25, 0.3) is 0 Å². The maximum Gasteiger partial charge on any atom is 0.136 e. The second-order valence-corrected chi connectivity index (χ2v) is 31.0. The SMILES string of the molecule is c1ccc(-n2c3ccc(-c4ccc5c(c4)c4ccccc4n5-c4ccc(-c5ccc6ccccc6c5)cc4)cc3c3cc(-c4cccc5c4Cc4ccccc4-5)ccc32)cc1.c1ccc(-n2c3ccc(-c4ccc5c(c4)c4ccccc4n5-c4cccc5ccccc45)cc3c3cc(-c4cccc5oc6ccccc6c45)ccc32)cc1. The molecule has 0 atom stereocenters. The van der Waals surface area contributed by atoms with Crippen LogP contribution in [0.3, 0.4) is 0 Å². The largest absolute Gasteiger partial charge is 0.456 e. The highest BCUT2D eigenvalue weighted by molar-refractivity contribution is 6.18. The van der Waals surface area contributed by atoms with E-state index in [0.717, 1.165) is 39.7 Å². The van der Waals surface area contributed by atoms with Crippen LogP contribution in [-0.2, 0) is 6.42 Å². The Hall–Kier alpha value is -15.3. The van der Waals surface area contributed by atoms with Gasteiger partial charge in [0.2, 0.25) is 0 Å². The molecule has 5 aromatic heterocycles. The van der Waals surface area contributed by atoms with Gasteiger partial charge in [0, 0.05) is 76.3 Å². The number of furan rings is 1. The van der Waals surface area contributed by atoms with Crippen LogP contribution in [0.2, 0.25) is 0 Å². The standard InChI is InChI=1S/C59H38N2.C52H32N2O/c1-2-14-46(15-3-1)60-58-31-26-43(35-54(58)55-37-45(27-32-59(55)60)49-18-10-19-50-48-16-7-6-13-44(48)36-52(49)50)42-25-30-57-53(34-42)51-17-8-9-20-56(51)61(57)47-28-23-39(24-29-47)41-22-21-38-11-4-5-12-40(38)33-41;1-2-14-37(15-3-1)53-47-27-24-35(31-43(47)44-32-36(26-29-48(44)53)39-19-11-23-51-52(39)41-18-7-9-22-50(41)55-51)34-25-28-49-42(30-34)40-17-6-8-20-46(40)54(49)45-21-10-13-33-12-4-5-16-38(33)45/h1-35,37H,36H2;1-32H. The van der Waals surface area contributed by atoms with Crippen molar-refractivity contribution in [2.75, 3.05) is 0 Å². The lowest BCUT2D eigenvalue weighted by Gasteiger charge is -2.12. The summed E-state index contributed by atoms with van der Waals surface area (Å²) in [7, 11) is 0. The minimum atomic E-state index is 0.907. The third kappa shape index (κ3) is 10.4. The minimum Gasteiger partial charge on any atom is -0.456 e. The summed E-state index contributed by atoms with van der Waals surface area (Å²) in [5, 5.41) is 17.2. The molecule has 1 aliphatic rings. The predicted octanol–water partition coefficient (Wildman–Crippen LogP) is 29.9. The summed E-state index contributed by atoms with van der Waals surface area (Å²) in [4.78, 5) is 0. The van der Waals surface area contributed by atoms with Crippen molar-refractivity contribution in [1.82, 2.24) is 18.3 Å². The first-order valence-electron chi connectivity index (χ1n) is 40.1. The van der Waals surface area contributed by atoms with Crippen molar-refractivity contribution in [2.45, 2.75) is 6.42 Å². The molecule has 0 aliphatic heterocycles. The molecule has 0 N–H and O–H groups in total. The van der Waals surface area contributed by atoms with E-state index in [4.69, 9.17) is 4.42 Å². The first-order chi connectivity index (χ1) is 57.5. The first-order valence-corrected chi connectivity index (χ1v) is 40.1. The zero-order valence-corrected chi connectivity index (χ0v) is 63.2. The Morgan fingerprint density at radius 2 is 0.560 bits per heavy atom. The summed E-state index contributed by atoms with van der Waals surface area (Å²) in [5.41, 5.74) is 33.8. The molecule has 0 fully saturated rings. The molecule has 0 bridgehead atoms. The van der Waals surface area contributed by atoms with Crippen molar-refractivity contribution < 1.29 is 4.42 Å². The van der Waals surface area contributed by atoms with E-state index in [0.29, 0.717) is 0 Å². The quantitative estimate of drug-likeness (QED) is 0.142. The van der Waals surface area contributed by atoms with E-state index in [-0.39, 0.29) is 0 Å². The van der Waals surface area contributed by atoms with Gasteiger partial charge in [0.15, 0.2) is 0 Å². The predicted molar refractivity (Wildman–Crippen MR) is 488 cm³/mol. The van der Waals surface area contributed by atoms with Gasteiger partial charge in [-0.3, -0.25) is 0 Å². The number of para-hydroxylation sites is 5. The van der Waals surface area contributed by atoms with Gasteiger partial charge in [0.1, 0.15) is 11.2 Å². The molecular formula is C111H70N4O. The molecule has 0 amide bonds. The molecule has 0 radical (unpaired) electrons. The van der Waals surface area contributed by atoms with E-state index >= 15 is 0 Å². The van der Waals surface area contributed by atoms with Crippen LogP contribution in [0.5, 0.6) is 0 Å². The minimum absolute atomic E-state index is 0.907. The van der Waals surface area contributed by atoms with Crippen molar-refractivity contribution in [3.63, 3.8) is 0 Å². The highest BCUT2D eigenvalue weighted by atomic mass is 16.3. The summed E-state index contributed by atoms with van der Waals surface area (Å²) in [6.45, 7) is 0. The van der Waals surface area contributed by atoms with Crippen LogP contribution in [0, 0.1) is 0 Å². The van der Waals surface area contributed by atoms with Crippen molar-refractivity contribution in [3.8, 4) is 89.5 Å². The van der Waals surface area contributed by atoms with E-state index in [9.17, 15) is 0 Å². The number of benzene rings is 19. The number of fused-ring (bicyclic) bond motifs is 20. The Morgan fingerprint density at radius 3 is 1.17 bits per heavy atom. The average Bonchev–Trinajstić information content (AvgIpc) is 1.58. The first kappa shape index (κ1) is 65.4. The third-order valence-corrected chi connectivity index (χ3v) is 24.7. The fourth-order valence-corrected chi connectivity index (χ4v) is 19.3. The van der Waals surface area contributed by atoms with Crippen LogP contribution >= 0.6 is 0 Å². The Morgan fingerprint density at radius 1 is 0.190 bits per heavy atom. The lowest BCUT2D eigenvalue weighted by atomic mass is 9.94. The molecule has 0 unspecified atom stereocenters. The molecule has 0 spiro atoms. The third-order valence-electron chi connectivity index (χ3n) is 24.7. The molecule has 0 saturated heterocycles. The van der Waals surface area contributed by atoms with E-state index in [1.54, 1.807) is 0 Å². The van der Waals surface area contributed by atoms with E-state index < -0.39 is 0 Å². The fourth-order valence-electron chi connectivity index (χ4n) is 19.3. The topological polar surface area (TPSA) is 32.9 Å². The number of nitrogens with zero attached hydrogens (tertiary/aromatic N) is 4.